The van der Waals surface area contributed by atoms with Gasteiger partial charge in [0.2, 0.25) is 11.6 Å². The molecule has 11 nitrogen and oxygen atoms in total. The van der Waals surface area contributed by atoms with E-state index in [0.29, 0.717) is 18.3 Å². The van der Waals surface area contributed by atoms with Gasteiger partial charge in [-0.25, -0.2) is 4.98 Å². The van der Waals surface area contributed by atoms with E-state index in [1.165, 1.54) is 26.3 Å². The second-order valence-corrected chi connectivity index (χ2v) is 17.1. The fraction of sp³-hybridized carbons (Fsp3) is 0.0833. The maximum atomic E-state index is 5.99. The topological polar surface area (TPSA) is 144 Å². The molecule has 10 aromatic rings. The van der Waals surface area contributed by atoms with E-state index in [9.17, 15) is 0 Å². The summed E-state index contributed by atoms with van der Waals surface area (Å²) in [5, 5.41) is 30.5. The van der Waals surface area contributed by atoms with Crippen molar-refractivity contribution in [1.82, 2.24) is 51.2 Å². The number of aromatic nitrogens is 10. The smallest absolute Gasteiger partial charge is 0.204 e. The molecule has 6 aromatic carbocycles. The van der Waals surface area contributed by atoms with Gasteiger partial charge in [0.15, 0.2) is 0 Å². The summed E-state index contributed by atoms with van der Waals surface area (Å²) in [7, 11) is 0. The molecule has 62 heavy (non-hydrogen) atoms. The third-order valence-corrected chi connectivity index (χ3v) is 12.8. The van der Waals surface area contributed by atoms with E-state index in [0.717, 1.165) is 66.8 Å². The summed E-state index contributed by atoms with van der Waals surface area (Å²) in [6, 6.07) is 58.0. The molecule has 0 atom stereocenters. The normalized spacial score (nSPS) is 11.0. The maximum absolute atomic E-state index is 5.99. The van der Waals surface area contributed by atoms with E-state index >= 15 is 0 Å². The van der Waals surface area contributed by atoms with Crippen molar-refractivity contribution in [3.05, 3.63) is 192 Å². The van der Waals surface area contributed by atoms with Gasteiger partial charge in [0.25, 0.3) is 0 Å². The minimum Gasteiger partial charge on any atom is -0.487 e. The van der Waals surface area contributed by atoms with Crippen LogP contribution in [-0.2, 0) is 23.9 Å². The molecule has 0 fully saturated rings. The van der Waals surface area contributed by atoms with Crippen LogP contribution in [0.2, 0.25) is 0 Å². The fourth-order valence-electron chi connectivity index (χ4n) is 6.40. The number of rotatable bonds is 14. The second kappa shape index (κ2) is 20.1. The fourth-order valence-corrected chi connectivity index (χ4v) is 9.15. The first kappa shape index (κ1) is 40.5. The monoisotopic (exact) mass is 866 g/mol. The summed E-state index contributed by atoms with van der Waals surface area (Å²) in [6.07, 6.45) is 0. The van der Waals surface area contributed by atoms with Gasteiger partial charge in [-0.15, -0.1) is 55.7 Å². The molecule has 14 heteroatoms. The van der Waals surface area contributed by atoms with Crippen molar-refractivity contribution in [2.75, 3.05) is 0 Å². The Morgan fingerprint density at radius 1 is 0.435 bits per heavy atom. The Morgan fingerprint density at radius 3 is 1.50 bits per heavy atom. The van der Waals surface area contributed by atoms with Crippen molar-refractivity contribution >= 4 is 57.1 Å². The standard InChI is InChI=1S/C24H19N5OS.C24H19N5S2/c1-2-7-23-18(4-1)12-13-20(25-23)15-30-21-5-3-6-22(14-21)31-16-17-8-10-19(11-9-17)24-26-28-29-27-24;1-2-7-23-18(4-1)12-13-20(25-23)16-31-22-6-3-5-21(14-22)30-15-17-8-10-19(11-9-17)24-26-28-29-27-24/h2*1-14H,15-16H2,(H,26,27,28,29). The first-order valence-electron chi connectivity index (χ1n) is 19.7. The highest BCUT2D eigenvalue weighted by Gasteiger charge is 2.07. The number of hydrogen-bond acceptors (Lipinski definition) is 12. The number of nitrogens with one attached hydrogen (secondary N) is 2. The third-order valence-electron chi connectivity index (χ3n) is 9.62. The average molecular weight is 867 g/mol. The number of tetrazole rings is 2. The summed E-state index contributed by atoms with van der Waals surface area (Å²) in [6.45, 7) is 0.441. The quantitative estimate of drug-likeness (QED) is 0.100. The Bertz CT molecular complexity index is 2780. The lowest BCUT2D eigenvalue weighted by Crippen LogP contribution is -1.98. The van der Waals surface area contributed by atoms with E-state index in [2.05, 4.69) is 143 Å². The molecule has 0 aliphatic heterocycles. The molecule has 10 rings (SSSR count). The van der Waals surface area contributed by atoms with Gasteiger partial charge in [0.1, 0.15) is 12.4 Å². The van der Waals surface area contributed by atoms with Crippen molar-refractivity contribution in [3.63, 3.8) is 0 Å². The van der Waals surface area contributed by atoms with Crippen LogP contribution in [0.25, 0.3) is 44.6 Å². The molecule has 0 saturated carbocycles. The van der Waals surface area contributed by atoms with Crippen LogP contribution >= 0.6 is 35.3 Å². The number of ether oxygens (including phenoxy) is 1. The highest BCUT2D eigenvalue weighted by atomic mass is 32.2. The number of benzene rings is 6. The van der Waals surface area contributed by atoms with Gasteiger partial charge in [-0.3, -0.25) is 4.98 Å². The van der Waals surface area contributed by atoms with E-state index in [1.807, 2.05) is 96.3 Å². The van der Waals surface area contributed by atoms with Gasteiger partial charge in [-0.2, -0.15) is 10.4 Å². The van der Waals surface area contributed by atoms with E-state index in [4.69, 9.17) is 9.72 Å². The predicted molar refractivity (Wildman–Crippen MR) is 249 cm³/mol. The molecule has 0 aliphatic carbocycles. The number of nitrogens with zero attached hydrogens (tertiary/aromatic N) is 8. The Hall–Kier alpha value is -6.87. The minimum atomic E-state index is 0.441. The van der Waals surface area contributed by atoms with Crippen molar-refractivity contribution in [3.8, 4) is 28.5 Å². The van der Waals surface area contributed by atoms with Gasteiger partial charge in [-0.1, -0.05) is 109 Å². The zero-order chi connectivity index (χ0) is 41.8. The molecule has 0 radical (unpaired) electrons. The molecule has 304 valence electrons. The van der Waals surface area contributed by atoms with Crippen LogP contribution in [0, 0.1) is 0 Å². The molecule has 0 spiro atoms. The van der Waals surface area contributed by atoms with E-state index in [-0.39, 0.29) is 0 Å². The Kier molecular flexibility index (Phi) is 13.2. The number of H-pyrrole nitrogens is 2. The van der Waals surface area contributed by atoms with Crippen LogP contribution in [0.5, 0.6) is 5.75 Å². The Morgan fingerprint density at radius 2 is 0.935 bits per heavy atom. The van der Waals surface area contributed by atoms with Gasteiger partial charge in [0.05, 0.1) is 22.4 Å². The van der Waals surface area contributed by atoms with Crippen LogP contribution in [0.15, 0.2) is 185 Å². The summed E-state index contributed by atoms with van der Waals surface area (Å²) >= 11 is 5.42. The van der Waals surface area contributed by atoms with Crippen LogP contribution < -0.4 is 4.74 Å². The summed E-state index contributed by atoms with van der Waals surface area (Å²) in [4.78, 5) is 13.1. The lowest BCUT2D eigenvalue weighted by molar-refractivity contribution is 0.301. The van der Waals surface area contributed by atoms with Crippen LogP contribution in [0.4, 0.5) is 0 Å². The average Bonchev–Trinajstić information content (AvgIpc) is 4.09. The molecule has 0 bridgehead atoms. The van der Waals surface area contributed by atoms with E-state index < -0.39 is 0 Å². The van der Waals surface area contributed by atoms with Crippen LogP contribution in [0.3, 0.4) is 0 Å². The van der Waals surface area contributed by atoms with Gasteiger partial charge in [-0.05, 0) is 82.2 Å². The SMILES string of the molecule is c1cc(OCc2ccc3ccccc3n2)cc(SCc2ccc(-c3nn[nH]n3)cc2)c1.c1cc(SCc2ccc(-c3nn[nH]n3)cc2)cc(SCc2ccc3ccccc3n2)c1. The number of thioether (sulfide) groups is 3. The summed E-state index contributed by atoms with van der Waals surface area (Å²) in [5.74, 6) is 4.69. The zero-order valence-corrected chi connectivity index (χ0v) is 35.7. The van der Waals surface area contributed by atoms with Crippen LogP contribution in [0.1, 0.15) is 22.5 Å². The molecule has 0 saturated heterocycles. The number of fused-ring (bicyclic) bond motifs is 2. The third kappa shape index (κ3) is 10.9. The van der Waals surface area contributed by atoms with Gasteiger partial charge >= 0.3 is 0 Å². The van der Waals surface area contributed by atoms with Gasteiger partial charge in [0, 0.05) is 53.8 Å². The highest BCUT2D eigenvalue weighted by molar-refractivity contribution is 7.99. The van der Waals surface area contributed by atoms with Crippen molar-refractivity contribution < 1.29 is 4.74 Å². The summed E-state index contributed by atoms with van der Waals surface area (Å²) in [5.41, 5.74) is 8.44. The molecule has 2 N–H and O–H groups in total. The molecule has 4 heterocycles. The number of hydrogen-bond donors (Lipinski definition) is 2. The van der Waals surface area contributed by atoms with Gasteiger partial charge < -0.3 is 4.74 Å². The number of aromatic amines is 2. The molecule has 0 amide bonds. The largest absolute Gasteiger partial charge is 0.487 e. The number of pyridine rings is 2. The second-order valence-electron chi connectivity index (χ2n) is 14.0. The van der Waals surface area contributed by atoms with Crippen molar-refractivity contribution in [2.24, 2.45) is 0 Å². The lowest BCUT2D eigenvalue weighted by Gasteiger charge is -2.09. The van der Waals surface area contributed by atoms with Crippen molar-refractivity contribution in [1.29, 1.82) is 0 Å². The number of para-hydroxylation sites is 2. The minimum absolute atomic E-state index is 0.441. The Labute approximate surface area is 370 Å². The molecular formula is C48H38N10OS3. The first-order valence-corrected chi connectivity index (χ1v) is 22.7. The lowest BCUT2D eigenvalue weighted by atomic mass is 10.1. The first-order chi connectivity index (χ1) is 30.7. The van der Waals surface area contributed by atoms with Crippen molar-refractivity contribution in [2.45, 2.75) is 38.6 Å². The maximum Gasteiger partial charge on any atom is 0.204 e. The molecule has 0 aliphatic rings. The molecular weight excluding hydrogens is 829 g/mol. The Balaban J connectivity index is 0.000000158. The van der Waals surface area contributed by atoms with E-state index in [1.54, 1.807) is 11.8 Å². The molecule has 4 aromatic heterocycles. The summed E-state index contributed by atoms with van der Waals surface area (Å²) < 4.78 is 5.99. The highest BCUT2D eigenvalue weighted by Crippen LogP contribution is 2.31. The zero-order valence-electron chi connectivity index (χ0n) is 33.2. The van der Waals surface area contributed by atoms with Crippen LogP contribution in [-0.4, -0.2) is 51.2 Å². The predicted octanol–water partition coefficient (Wildman–Crippen LogP) is 11.3. The molecule has 0 unspecified atom stereocenters.